The highest BCUT2D eigenvalue weighted by Crippen LogP contribution is 2.18. The van der Waals surface area contributed by atoms with Crippen LogP contribution in [0.15, 0.2) is 0 Å². The minimum Gasteiger partial charge on any atom is -0.376 e. The lowest BCUT2D eigenvalue weighted by Gasteiger charge is -2.28. The fourth-order valence-electron chi connectivity index (χ4n) is 2.84. The summed E-state index contributed by atoms with van der Waals surface area (Å²) in [4.78, 5) is 14.2. The second-order valence-corrected chi connectivity index (χ2v) is 5.49. The maximum atomic E-state index is 12.2. The Kier molecular flexibility index (Phi) is 5.29. The van der Waals surface area contributed by atoms with Crippen molar-refractivity contribution in [3.05, 3.63) is 0 Å². The molecule has 1 saturated heterocycles. The number of nitrogens with zero attached hydrogens (tertiary/aromatic N) is 1. The fourth-order valence-corrected chi connectivity index (χ4v) is 2.84. The van der Waals surface area contributed by atoms with E-state index >= 15 is 0 Å². The Hall–Kier alpha value is -0.770. The van der Waals surface area contributed by atoms with E-state index in [4.69, 9.17) is 4.74 Å². The molecule has 0 spiro atoms. The predicted octanol–water partition coefficient (Wildman–Crippen LogP) is 2.53. The van der Waals surface area contributed by atoms with Gasteiger partial charge in [-0.05, 0) is 25.7 Å². The van der Waals surface area contributed by atoms with Gasteiger partial charge in [-0.25, -0.2) is 4.79 Å². The number of carbonyl (C=O) groups excluding carboxylic acids is 1. The molecule has 4 nitrogen and oxygen atoms in total. The summed E-state index contributed by atoms with van der Waals surface area (Å²) in [5.41, 5.74) is 0. The topological polar surface area (TPSA) is 41.6 Å². The van der Waals surface area contributed by atoms with Crippen LogP contribution in [-0.4, -0.2) is 42.8 Å². The summed E-state index contributed by atoms with van der Waals surface area (Å²) in [6.07, 6.45) is 8.27. The van der Waals surface area contributed by atoms with Crippen LogP contribution in [-0.2, 0) is 4.74 Å². The van der Waals surface area contributed by atoms with Crippen molar-refractivity contribution in [2.45, 2.75) is 64.0 Å². The third kappa shape index (κ3) is 3.87. The summed E-state index contributed by atoms with van der Waals surface area (Å²) in [5.74, 6) is 0. The summed E-state index contributed by atoms with van der Waals surface area (Å²) in [6, 6.07) is 0.515. The van der Waals surface area contributed by atoms with Gasteiger partial charge in [-0.1, -0.05) is 26.2 Å². The molecule has 0 aromatic rings. The Bertz CT molecular complexity index is 265. The van der Waals surface area contributed by atoms with Gasteiger partial charge in [-0.3, -0.25) is 0 Å². The van der Waals surface area contributed by atoms with Crippen molar-refractivity contribution in [3.63, 3.8) is 0 Å². The van der Waals surface area contributed by atoms with Crippen molar-refractivity contribution in [2.24, 2.45) is 0 Å². The molecule has 18 heavy (non-hydrogen) atoms. The number of ether oxygens (including phenoxy) is 1. The van der Waals surface area contributed by atoms with Crippen LogP contribution >= 0.6 is 0 Å². The van der Waals surface area contributed by atoms with Crippen LogP contribution in [0.5, 0.6) is 0 Å². The average molecular weight is 254 g/mol. The number of hydrogen-bond acceptors (Lipinski definition) is 2. The van der Waals surface area contributed by atoms with E-state index in [9.17, 15) is 4.79 Å². The van der Waals surface area contributed by atoms with Crippen molar-refractivity contribution in [2.75, 3.05) is 19.7 Å². The quantitative estimate of drug-likeness (QED) is 0.822. The maximum Gasteiger partial charge on any atom is 0.317 e. The number of carbonyl (C=O) groups is 1. The van der Waals surface area contributed by atoms with E-state index in [1.54, 1.807) is 0 Å². The molecule has 4 heteroatoms. The van der Waals surface area contributed by atoms with Gasteiger partial charge in [0.15, 0.2) is 0 Å². The molecule has 2 rings (SSSR count). The SMILES string of the molecule is CCC1CN(C(=O)NC2CCCCC2)CCCO1. The first-order chi connectivity index (χ1) is 8.79. The molecule has 1 heterocycles. The molecule has 1 N–H and O–H groups in total. The lowest BCUT2D eigenvalue weighted by Crippen LogP contribution is -2.47. The molecule has 0 aromatic heterocycles. The van der Waals surface area contributed by atoms with Gasteiger partial charge in [0.1, 0.15) is 0 Å². The molecule has 1 aliphatic carbocycles. The van der Waals surface area contributed by atoms with E-state index in [1.807, 2.05) is 4.90 Å². The zero-order valence-corrected chi connectivity index (χ0v) is 11.5. The summed E-state index contributed by atoms with van der Waals surface area (Å²) in [7, 11) is 0. The Morgan fingerprint density at radius 2 is 2.06 bits per heavy atom. The summed E-state index contributed by atoms with van der Waals surface area (Å²) in [5, 5.41) is 3.19. The highest BCUT2D eigenvalue weighted by atomic mass is 16.5. The van der Waals surface area contributed by atoms with E-state index in [1.165, 1.54) is 19.3 Å². The highest BCUT2D eigenvalue weighted by molar-refractivity contribution is 5.74. The van der Waals surface area contributed by atoms with Crippen molar-refractivity contribution < 1.29 is 9.53 Å². The highest BCUT2D eigenvalue weighted by Gasteiger charge is 2.23. The molecule has 1 unspecified atom stereocenters. The molecule has 0 aromatic carbocycles. The lowest BCUT2D eigenvalue weighted by molar-refractivity contribution is 0.0552. The van der Waals surface area contributed by atoms with Crippen LogP contribution in [0.25, 0.3) is 0 Å². The van der Waals surface area contributed by atoms with Crippen LogP contribution < -0.4 is 5.32 Å². The number of amides is 2. The average Bonchev–Trinajstić information content (AvgIpc) is 2.65. The van der Waals surface area contributed by atoms with E-state index < -0.39 is 0 Å². The normalized spacial score (nSPS) is 26.7. The van der Waals surface area contributed by atoms with Crippen LogP contribution in [0.1, 0.15) is 51.9 Å². The van der Waals surface area contributed by atoms with Crippen molar-refractivity contribution in [1.82, 2.24) is 10.2 Å². The first-order valence-electron chi connectivity index (χ1n) is 7.46. The fraction of sp³-hybridized carbons (Fsp3) is 0.929. The minimum absolute atomic E-state index is 0.117. The van der Waals surface area contributed by atoms with E-state index in [-0.39, 0.29) is 12.1 Å². The van der Waals surface area contributed by atoms with Gasteiger partial charge in [-0.2, -0.15) is 0 Å². The molecule has 1 saturated carbocycles. The number of hydrogen-bond donors (Lipinski definition) is 1. The summed E-state index contributed by atoms with van der Waals surface area (Å²) >= 11 is 0. The molecule has 2 aliphatic rings. The molecule has 1 atom stereocenters. The molecule has 2 amide bonds. The largest absolute Gasteiger partial charge is 0.376 e. The second-order valence-electron chi connectivity index (χ2n) is 5.49. The Labute approximate surface area is 110 Å². The molecule has 104 valence electrons. The van der Waals surface area contributed by atoms with Gasteiger partial charge in [0.05, 0.1) is 6.10 Å². The monoisotopic (exact) mass is 254 g/mol. The summed E-state index contributed by atoms with van der Waals surface area (Å²) < 4.78 is 5.70. The number of urea groups is 1. The van der Waals surface area contributed by atoms with Crippen LogP contribution in [0, 0.1) is 0 Å². The molecule has 2 fully saturated rings. The van der Waals surface area contributed by atoms with Crippen LogP contribution in [0.4, 0.5) is 4.79 Å². The van der Waals surface area contributed by atoms with E-state index in [2.05, 4.69) is 12.2 Å². The smallest absolute Gasteiger partial charge is 0.317 e. The minimum atomic E-state index is 0.117. The molecular formula is C14H26N2O2. The lowest BCUT2D eigenvalue weighted by atomic mass is 9.96. The van der Waals surface area contributed by atoms with Gasteiger partial charge in [0, 0.05) is 25.7 Å². The van der Waals surface area contributed by atoms with Crippen molar-refractivity contribution in [3.8, 4) is 0 Å². The van der Waals surface area contributed by atoms with Gasteiger partial charge in [-0.15, -0.1) is 0 Å². The summed E-state index contributed by atoms with van der Waals surface area (Å²) in [6.45, 7) is 4.48. The Morgan fingerprint density at radius 1 is 1.28 bits per heavy atom. The molecule has 0 bridgehead atoms. The van der Waals surface area contributed by atoms with E-state index in [0.29, 0.717) is 6.04 Å². The van der Waals surface area contributed by atoms with Crippen LogP contribution in [0.2, 0.25) is 0 Å². The standard InChI is InChI=1S/C14H26N2O2/c1-2-13-11-16(9-6-10-18-13)14(17)15-12-7-4-3-5-8-12/h12-13H,2-11H2,1H3,(H,15,17). The molecule has 0 radical (unpaired) electrons. The maximum absolute atomic E-state index is 12.2. The van der Waals surface area contributed by atoms with Crippen molar-refractivity contribution >= 4 is 6.03 Å². The Balaban J connectivity index is 1.82. The second kappa shape index (κ2) is 6.98. The van der Waals surface area contributed by atoms with Gasteiger partial charge < -0.3 is 15.0 Å². The first-order valence-corrected chi connectivity index (χ1v) is 7.46. The zero-order valence-electron chi connectivity index (χ0n) is 11.5. The first kappa shape index (κ1) is 13.7. The van der Waals surface area contributed by atoms with Gasteiger partial charge >= 0.3 is 6.03 Å². The van der Waals surface area contributed by atoms with Crippen LogP contribution in [0.3, 0.4) is 0 Å². The van der Waals surface area contributed by atoms with Crippen molar-refractivity contribution in [1.29, 1.82) is 0 Å². The number of nitrogens with one attached hydrogen (secondary N) is 1. The van der Waals surface area contributed by atoms with Gasteiger partial charge in [0.2, 0.25) is 0 Å². The van der Waals surface area contributed by atoms with Gasteiger partial charge in [0.25, 0.3) is 0 Å². The third-order valence-electron chi connectivity index (χ3n) is 4.03. The third-order valence-corrected chi connectivity index (χ3v) is 4.03. The molecule has 1 aliphatic heterocycles. The Morgan fingerprint density at radius 3 is 2.78 bits per heavy atom. The predicted molar refractivity (Wildman–Crippen MR) is 71.6 cm³/mol. The number of rotatable bonds is 2. The molecular weight excluding hydrogens is 228 g/mol. The zero-order chi connectivity index (χ0) is 12.8. The van der Waals surface area contributed by atoms with E-state index in [0.717, 1.165) is 45.4 Å².